The molecular formula is C48H34N2OSi. The van der Waals surface area contributed by atoms with Gasteiger partial charge in [0.05, 0.1) is 11.4 Å². The highest BCUT2D eigenvalue weighted by Crippen LogP contribution is 2.50. The standard InChI is InChI=1S/C48H34N2OSi/c1-3-21-39(22-4-1)52(40-23-5-2-6-24-40)47-31-13-9-27-43(47)50(44-28-10-14-32-48(44)52)38-20-16-18-36(34-38)35-17-15-19-37(33-35)49-41-25-7-11-29-45(41)51-46-30-12-8-26-42(46)49/h1-34H. The molecule has 0 amide bonds. The predicted molar refractivity (Wildman–Crippen MR) is 218 cm³/mol. The number of hydrogen-bond donors (Lipinski definition) is 0. The Morgan fingerprint density at radius 1 is 0.327 bits per heavy atom. The summed E-state index contributed by atoms with van der Waals surface area (Å²) in [6, 6.07) is 74.8. The lowest BCUT2D eigenvalue weighted by Crippen LogP contribution is -2.77. The van der Waals surface area contributed by atoms with Gasteiger partial charge in [-0.15, -0.1) is 0 Å². The summed E-state index contributed by atoms with van der Waals surface area (Å²) in [6.07, 6.45) is 0. The van der Waals surface area contributed by atoms with E-state index < -0.39 is 8.07 Å². The van der Waals surface area contributed by atoms with Crippen molar-refractivity contribution < 1.29 is 4.74 Å². The predicted octanol–water partition coefficient (Wildman–Crippen LogP) is 10.1. The van der Waals surface area contributed by atoms with Crippen LogP contribution in [0.15, 0.2) is 206 Å². The van der Waals surface area contributed by atoms with Crippen LogP contribution in [0.5, 0.6) is 11.5 Å². The van der Waals surface area contributed by atoms with Crippen LogP contribution in [-0.2, 0) is 0 Å². The Labute approximate surface area is 305 Å². The fourth-order valence-corrected chi connectivity index (χ4v) is 13.4. The minimum Gasteiger partial charge on any atom is -0.453 e. The second-order valence-electron chi connectivity index (χ2n) is 13.3. The molecule has 8 aromatic rings. The molecule has 0 saturated carbocycles. The molecule has 3 nitrogen and oxygen atoms in total. The fraction of sp³-hybridized carbons (Fsp3) is 0. The lowest BCUT2D eigenvalue weighted by Gasteiger charge is -2.45. The molecule has 10 rings (SSSR count). The van der Waals surface area contributed by atoms with Crippen molar-refractivity contribution >= 4 is 62.9 Å². The molecule has 0 spiro atoms. The van der Waals surface area contributed by atoms with E-state index in [1.807, 2.05) is 24.3 Å². The van der Waals surface area contributed by atoms with Gasteiger partial charge in [-0.3, -0.25) is 0 Å². The number of ether oxygens (including phenoxy) is 1. The molecule has 0 atom stereocenters. The van der Waals surface area contributed by atoms with Crippen molar-refractivity contribution in [1.82, 2.24) is 0 Å². The number of hydrogen-bond acceptors (Lipinski definition) is 3. The quantitative estimate of drug-likeness (QED) is 0.168. The molecular weight excluding hydrogens is 649 g/mol. The smallest absolute Gasteiger partial charge is 0.184 e. The van der Waals surface area contributed by atoms with E-state index in [-0.39, 0.29) is 0 Å². The molecule has 2 aliphatic rings. The first-order chi connectivity index (χ1) is 25.8. The maximum atomic E-state index is 6.31. The Kier molecular flexibility index (Phi) is 7.15. The maximum Gasteiger partial charge on any atom is 0.184 e. The first kappa shape index (κ1) is 30.2. The average Bonchev–Trinajstić information content (AvgIpc) is 3.22. The van der Waals surface area contributed by atoms with Crippen molar-refractivity contribution in [3.05, 3.63) is 206 Å². The summed E-state index contributed by atoms with van der Waals surface area (Å²) in [5, 5.41) is 5.56. The topological polar surface area (TPSA) is 15.7 Å². The Balaban J connectivity index is 1.13. The second kappa shape index (κ2) is 12.3. The van der Waals surface area contributed by atoms with Crippen LogP contribution in [-0.4, -0.2) is 8.07 Å². The Hall–Kier alpha value is -6.62. The normalized spacial score (nSPS) is 13.6. The molecule has 4 heteroatoms. The highest BCUT2D eigenvalue weighted by molar-refractivity contribution is 7.21. The molecule has 0 saturated heterocycles. The van der Waals surface area contributed by atoms with E-state index in [0.29, 0.717) is 0 Å². The van der Waals surface area contributed by atoms with E-state index in [0.717, 1.165) is 45.4 Å². The molecule has 0 radical (unpaired) electrons. The third-order valence-corrected chi connectivity index (χ3v) is 15.3. The zero-order valence-corrected chi connectivity index (χ0v) is 29.4. The number of nitrogens with zero attached hydrogens (tertiary/aromatic N) is 2. The van der Waals surface area contributed by atoms with E-state index in [2.05, 4.69) is 192 Å². The third-order valence-electron chi connectivity index (χ3n) is 10.5. The van der Waals surface area contributed by atoms with Crippen LogP contribution in [0.2, 0.25) is 0 Å². The summed E-state index contributed by atoms with van der Waals surface area (Å²) < 4.78 is 6.31. The summed E-state index contributed by atoms with van der Waals surface area (Å²) in [6.45, 7) is 0. The number of rotatable bonds is 5. The number of anilines is 6. The van der Waals surface area contributed by atoms with Crippen LogP contribution in [0.1, 0.15) is 0 Å². The molecule has 0 aliphatic carbocycles. The fourth-order valence-electron chi connectivity index (χ4n) is 8.32. The SMILES string of the molecule is c1ccc([Si]2(c3ccccc3)c3ccccc3N(c3cccc(-c4cccc(N5c6ccccc6Oc6ccccc65)c4)c3)c3ccccc32)cc1. The summed E-state index contributed by atoms with van der Waals surface area (Å²) in [7, 11) is -2.67. The molecule has 0 bridgehead atoms. The molecule has 52 heavy (non-hydrogen) atoms. The molecule has 0 N–H and O–H groups in total. The van der Waals surface area contributed by atoms with Gasteiger partial charge in [-0.05, 0) is 92.5 Å². The van der Waals surface area contributed by atoms with Crippen molar-refractivity contribution in [2.24, 2.45) is 0 Å². The van der Waals surface area contributed by atoms with Gasteiger partial charge in [0.15, 0.2) is 19.6 Å². The highest BCUT2D eigenvalue weighted by atomic mass is 28.3. The average molecular weight is 683 g/mol. The van der Waals surface area contributed by atoms with Crippen LogP contribution in [0.4, 0.5) is 34.1 Å². The Morgan fingerprint density at radius 3 is 1.19 bits per heavy atom. The largest absolute Gasteiger partial charge is 0.453 e. The van der Waals surface area contributed by atoms with Gasteiger partial charge in [0.2, 0.25) is 0 Å². The van der Waals surface area contributed by atoms with Gasteiger partial charge in [-0.1, -0.05) is 146 Å². The number of para-hydroxylation sites is 6. The molecule has 0 aromatic heterocycles. The minimum absolute atomic E-state index is 0.849. The van der Waals surface area contributed by atoms with Gasteiger partial charge >= 0.3 is 0 Å². The molecule has 8 aromatic carbocycles. The van der Waals surface area contributed by atoms with Gasteiger partial charge < -0.3 is 14.5 Å². The van der Waals surface area contributed by atoms with E-state index in [1.54, 1.807) is 0 Å². The van der Waals surface area contributed by atoms with Crippen molar-refractivity contribution in [2.45, 2.75) is 0 Å². The third kappa shape index (κ3) is 4.65. The number of fused-ring (bicyclic) bond motifs is 4. The van der Waals surface area contributed by atoms with E-state index in [1.165, 1.54) is 32.1 Å². The first-order valence-corrected chi connectivity index (χ1v) is 19.8. The van der Waals surface area contributed by atoms with Crippen molar-refractivity contribution in [3.8, 4) is 22.6 Å². The molecule has 0 fully saturated rings. The van der Waals surface area contributed by atoms with Gasteiger partial charge in [-0.25, -0.2) is 0 Å². The molecule has 2 aliphatic heterocycles. The lowest BCUT2D eigenvalue weighted by atomic mass is 10.0. The Bertz CT molecular complexity index is 2450. The molecule has 246 valence electrons. The van der Waals surface area contributed by atoms with Crippen LogP contribution >= 0.6 is 0 Å². The molecule has 2 heterocycles. The Morgan fingerprint density at radius 2 is 0.712 bits per heavy atom. The molecule has 0 unspecified atom stereocenters. The van der Waals surface area contributed by atoms with Crippen LogP contribution in [0.25, 0.3) is 11.1 Å². The first-order valence-electron chi connectivity index (χ1n) is 17.8. The second-order valence-corrected chi connectivity index (χ2v) is 17.1. The lowest BCUT2D eigenvalue weighted by molar-refractivity contribution is 0.477. The van der Waals surface area contributed by atoms with Gasteiger partial charge in [0, 0.05) is 22.7 Å². The minimum atomic E-state index is -2.67. The monoisotopic (exact) mass is 682 g/mol. The number of benzene rings is 8. The zero-order chi connectivity index (χ0) is 34.5. The maximum absolute atomic E-state index is 6.31. The summed E-state index contributed by atoms with van der Waals surface area (Å²) in [4.78, 5) is 4.78. The zero-order valence-electron chi connectivity index (χ0n) is 28.4. The summed E-state index contributed by atoms with van der Waals surface area (Å²) in [5.74, 6) is 1.70. The van der Waals surface area contributed by atoms with Gasteiger partial charge in [-0.2, -0.15) is 0 Å². The van der Waals surface area contributed by atoms with E-state index >= 15 is 0 Å². The van der Waals surface area contributed by atoms with Crippen LogP contribution < -0.4 is 35.3 Å². The van der Waals surface area contributed by atoms with E-state index in [4.69, 9.17) is 4.74 Å². The van der Waals surface area contributed by atoms with E-state index in [9.17, 15) is 0 Å². The summed E-state index contributed by atoms with van der Waals surface area (Å²) >= 11 is 0. The van der Waals surface area contributed by atoms with Crippen LogP contribution in [0, 0.1) is 0 Å². The van der Waals surface area contributed by atoms with Crippen molar-refractivity contribution in [3.63, 3.8) is 0 Å². The van der Waals surface area contributed by atoms with Crippen molar-refractivity contribution in [1.29, 1.82) is 0 Å². The van der Waals surface area contributed by atoms with Crippen LogP contribution in [0.3, 0.4) is 0 Å². The van der Waals surface area contributed by atoms with Crippen molar-refractivity contribution in [2.75, 3.05) is 9.80 Å². The highest BCUT2D eigenvalue weighted by Gasteiger charge is 2.48. The van der Waals surface area contributed by atoms with Gasteiger partial charge in [0.25, 0.3) is 0 Å². The summed E-state index contributed by atoms with van der Waals surface area (Å²) in [5.41, 5.74) is 9.04. The van der Waals surface area contributed by atoms with Gasteiger partial charge in [0.1, 0.15) is 0 Å².